The zero-order valence-electron chi connectivity index (χ0n) is 20.2. The highest BCUT2D eigenvalue weighted by Gasteiger charge is 2.37. The molecule has 0 radical (unpaired) electrons. The van der Waals surface area contributed by atoms with Gasteiger partial charge in [-0.15, -0.1) is 0 Å². The smallest absolute Gasteiger partial charge is 0.323 e. The maximum absolute atomic E-state index is 13.5. The first-order valence-electron chi connectivity index (χ1n) is 12.0. The molecule has 9 heteroatoms. The largest absolute Gasteiger partial charge is 0.340 e. The van der Waals surface area contributed by atoms with Crippen molar-refractivity contribution in [3.63, 3.8) is 0 Å². The number of urea groups is 1. The van der Waals surface area contributed by atoms with Gasteiger partial charge in [0, 0.05) is 33.8 Å². The zero-order valence-corrected chi connectivity index (χ0v) is 22.6. The predicted octanol–water partition coefficient (Wildman–Crippen LogP) is 6.86. The summed E-state index contributed by atoms with van der Waals surface area (Å²) in [4.78, 5) is 33.0. The van der Waals surface area contributed by atoms with E-state index in [1.807, 2.05) is 85.8 Å². The molecule has 3 N–H and O–H groups in total. The lowest BCUT2D eigenvalue weighted by atomic mass is 9.93. The third-order valence-corrected chi connectivity index (χ3v) is 7.73. The van der Waals surface area contributed by atoms with Crippen LogP contribution >= 0.6 is 27.7 Å². The van der Waals surface area contributed by atoms with Crippen molar-refractivity contribution in [2.24, 2.45) is 4.99 Å². The van der Waals surface area contributed by atoms with Crippen LogP contribution in [0.4, 0.5) is 21.9 Å². The lowest BCUT2D eigenvalue weighted by Gasteiger charge is -2.40. The first kappa shape index (κ1) is 25.1. The molecule has 5 rings (SSSR count). The topological polar surface area (TPSA) is 85.8 Å². The third-order valence-electron chi connectivity index (χ3n) is 6.12. The van der Waals surface area contributed by atoms with Gasteiger partial charge in [0.2, 0.25) is 0 Å². The van der Waals surface area contributed by atoms with Crippen LogP contribution in [0.1, 0.15) is 24.9 Å². The molecule has 3 amide bonds. The molecule has 37 heavy (non-hydrogen) atoms. The maximum atomic E-state index is 13.5. The number of carbonyl (C=O) groups is 2. The van der Waals surface area contributed by atoms with E-state index in [1.54, 1.807) is 11.8 Å². The van der Waals surface area contributed by atoms with Crippen molar-refractivity contribution in [3.8, 4) is 0 Å². The molecule has 0 aromatic heterocycles. The summed E-state index contributed by atoms with van der Waals surface area (Å²) in [6, 6.07) is 23.9. The monoisotopic (exact) mass is 575 g/mol. The number of hydrogen-bond acceptors (Lipinski definition) is 5. The Balaban J connectivity index is 1.37. The fourth-order valence-corrected chi connectivity index (χ4v) is 5.69. The minimum atomic E-state index is -0.326. The van der Waals surface area contributed by atoms with E-state index in [2.05, 4.69) is 36.8 Å². The average Bonchev–Trinajstić information content (AvgIpc) is 2.90. The Morgan fingerprint density at radius 3 is 2.19 bits per heavy atom. The van der Waals surface area contributed by atoms with E-state index in [9.17, 15) is 9.59 Å². The number of benzene rings is 3. The number of thioether (sulfide) groups is 1. The van der Waals surface area contributed by atoms with Crippen LogP contribution in [0, 0.1) is 0 Å². The normalized spacial score (nSPS) is 17.0. The number of allylic oxidation sites excluding steroid dienone is 1. The van der Waals surface area contributed by atoms with Crippen molar-refractivity contribution in [1.29, 1.82) is 0 Å². The summed E-state index contributed by atoms with van der Waals surface area (Å²) >= 11 is 5.11. The number of nitrogens with one attached hydrogen (secondary N) is 3. The molecular formula is C28H26BrN5O2S. The van der Waals surface area contributed by atoms with Crippen molar-refractivity contribution in [3.05, 3.63) is 100 Å². The fourth-order valence-electron chi connectivity index (χ4n) is 4.40. The first-order chi connectivity index (χ1) is 18.0. The summed E-state index contributed by atoms with van der Waals surface area (Å²) < 4.78 is 0.943. The number of amidine groups is 1. The van der Waals surface area contributed by atoms with Gasteiger partial charge in [-0.3, -0.25) is 4.79 Å². The number of aliphatic imine (C=N–C) groups is 1. The number of hydrogen-bond donors (Lipinski definition) is 3. The molecule has 1 fully saturated rings. The van der Waals surface area contributed by atoms with Gasteiger partial charge in [-0.25, -0.2) is 9.79 Å². The van der Waals surface area contributed by atoms with Gasteiger partial charge in [0.05, 0.1) is 17.3 Å². The summed E-state index contributed by atoms with van der Waals surface area (Å²) in [5.74, 6) is 0.847. The SMILES string of the molecule is CC1=C(C(=O)Nc2ccccc2)C(c2ccc(NC(=O)Nc3ccc(Br)cc3)cc2)N2CCCSC2=N1. The average molecular weight is 577 g/mol. The lowest BCUT2D eigenvalue weighted by Crippen LogP contribution is -2.43. The van der Waals surface area contributed by atoms with Crippen LogP contribution in [0.25, 0.3) is 0 Å². The van der Waals surface area contributed by atoms with Crippen LogP contribution in [0.2, 0.25) is 0 Å². The van der Waals surface area contributed by atoms with E-state index >= 15 is 0 Å². The van der Waals surface area contributed by atoms with E-state index in [4.69, 9.17) is 4.99 Å². The summed E-state index contributed by atoms with van der Waals surface area (Å²) in [5, 5.41) is 9.68. The second-order valence-electron chi connectivity index (χ2n) is 8.72. The van der Waals surface area contributed by atoms with E-state index < -0.39 is 0 Å². The molecule has 0 saturated carbocycles. The molecule has 1 saturated heterocycles. The molecule has 2 heterocycles. The molecule has 1 atom stereocenters. The van der Waals surface area contributed by atoms with E-state index in [1.165, 1.54) is 0 Å². The van der Waals surface area contributed by atoms with Crippen molar-refractivity contribution in [2.45, 2.75) is 19.4 Å². The Kier molecular flexibility index (Phi) is 7.62. The highest BCUT2D eigenvalue weighted by molar-refractivity contribution is 9.10. The van der Waals surface area contributed by atoms with Crippen LogP contribution in [0.5, 0.6) is 0 Å². The number of carbonyl (C=O) groups excluding carboxylic acids is 2. The van der Waals surface area contributed by atoms with Crippen LogP contribution < -0.4 is 16.0 Å². The molecule has 2 aliphatic rings. The van der Waals surface area contributed by atoms with Gasteiger partial charge in [0.25, 0.3) is 5.91 Å². The Labute approximate surface area is 228 Å². The molecule has 7 nitrogen and oxygen atoms in total. The molecule has 3 aromatic rings. The first-order valence-corrected chi connectivity index (χ1v) is 13.7. The van der Waals surface area contributed by atoms with Gasteiger partial charge in [0.1, 0.15) is 0 Å². The van der Waals surface area contributed by atoms with Crippen LogP contribution in [0.3, 0.4) is 0 Å². The minimum absolute atomic E-state index is 0.164. The molecule has 1 unspecified atom stereocenters. The zero-order chi connectivity index (χ0) is 25.8. The van der Waals surface area contributed by atoms with Crippen molar-refractivity contribution in [2.75, 3.05) is 28.2 Å². The summed E-state index contributed by atoms with van der Waals surface area (Å²) in [7, 11) is 0. The quantitative estimate of drug-likeness (QED) is 0.310. The van der Waals surface area contributed by atoms with Gasteiger partial charge in [0.15, 0.2) is 5.17 Å². The van der Waals surface area contributed by atoms with Crippen molar-refractivity contribution >= 4 is 61.9 Å². The number of halogens is 1. The predicted molar refractivity (Wildman–Crippen MR) is 155 cm³/mol. The standard InChI is InChI=1S/C28H26BrN5O2S/c1-18-24(26(35)31-21-6-3-2-4-7-21)25(34-16-5-17-37-28(34)30-18)19-8-12-22(13-9-19)32-27(36)33-23-14-10-20(29)11-15-23/h2-4,6-15,25H,5,16-17H2,1H3,(H,31,35)(H2,32,33,36). The summed E-state index contributed by atoms with van der Waals surface area (Å²) in [6.45, 7) is 2.72. The molecular weight excluding hydrogens is 550 g/mol. The van der Waals surface area contributed by atoms with Crippen LogP contribution in [-0.4, -0.2) is 34.3 Å². The number of anilines is 3. The molecule has 0 bridgehead atoms. The Morgan fingerprint density at radius 1 is 0.892 bits per heavy atom. The van der Waals surface area contributed by atoms with Gasteiger partial charge >= 0.3 is 6.03 Å². The Hall–Kier alpha value is -3.56. The fraction of sp³-hybridized carbons (Fsp3) is 0.179. The number of nitrogens with zero attached hydrogens (tertiary/aromatic N) is 2. The number of amides is 3. The van der Waals surface area contributed by atoms with Crippen LogP contribution in [-0.2, 0) is 4.79 Å². The summed E-state index contributed by atoms with van der Waals surface area (Å²) in [6.07, 6.45) is 1.02. The second-order valence-corrected chi connectivity index (χ2v) is 10.7. The van der Waals surface area contributed by atoms with E-state index in [0.29, 0.717) is 16.9 Å². The minimum Gasteiger partial charge on any atom is -0.340 e. The second kappa shape index (κ2) is 11.2. The molecule has 2 aliphatic heterocycles. The van der Waals surface area contributed by atoms with Crippen molar-refractivity contribution in [1.82, 2.24) is 4.90 Å². The highest BCUT2D eigenvalue weighted by Crippen LogP contribution is 2.40. The number of para-hydroxylation sites is 1. The maximum Gasteiger partial charge on any atom is 0.323 e. The van der Waals surface area contributed by atoms with Crippen LogP contribution in [0.15, 0.2) is 99.6 Å². The number of fused-ring (bicyclic) bond motifs is 1. The molecule has 0 aliphatic carbocycles. The Bertz CT molecular complexity index is 1360. The summed E-state index contributed by atoms with van der Waals surface area (Å²) in [5.41, 5.74) is 4.41. The van der Waals surface area contributed by atoms with Crippen molar-refractivity contribution < 1.29 is 9.59 Å². The van der Waals surface area contributed by atoms with Gasteiger partial charge < -0.3 is 20.9 Å². The molecule has 3 aromatic carbocycles. The highest BCUT2D eigenvalue weighted by atomic mass is 79.9. The molecule has 188 valence electrons. The van der Waals surface area contributed by atoms with Gasteiger partial charge in [-0.2, -0.15) is 0 Å². The lowest BCUT2D eigenvalue weighted by molar-refractivity contribution is -0.113. The Morgan fingerprint density at radius 2 is 1.51 bits per heavy atom. The van der Waals surface area contributed by atoms with Gasteiger partial charge in [-0.1, -0.05) is 58.0 Å². The van der Waals surface area contributed by atoms with E-state index in [0.717, 1.165) is 45.3 Å². The van der Waals surface area contributed by atoms with E-state index in [-0.39, 0.29) is 18.0 Å². The molecule has 0 spiro atoms. The third kappa shape index (κ3) is 5.89. The van der Waals surface area contributed by atoms with Gasteiger partial charge in [-0.05, 0) is 67.4 Å². The number of rotatable bonds is 5.